The standard InChI is InChI=1S/C19H20ClN3O2/c1-12(2)23-17-7-6-15(21-9-8-18(24)25)11-16(17)19(22-23)13-4-3-5-14(20)10-13/h3-7,10-12,21H,8-9H2,1-2H3,(H,24,25). The number of aliphatic carboxylic acids is 1. The van der Waals surface area contributed by atoms with E-state index < -0.39 is 5.97 Å². The topological polar surface area (TPSA) is 67.2 Å². The van der Waals surface area contributed by atoms with Crippen LogP contribution in [0, 0.1) is 0 Å². The molecule has 0 saturated heterocycles. The van der Waals surface area contributed by atoms with Crippen molar-refractivity contribution in [1.82, 2.24) is 9.78 Å². The van der Waals surface area contributed by atoms with Crippen molar-refractivity contribution in [2.75, 3.05) is 11.9 Å². The lowest BCUT2D eigenvalue weighted by Gasteiger charge is -2.08. The Morgan fingerprint density at radius 2 is 2.08 bits per heavy atom. The number of aromatic nitrogens is 2. The first kappa shape index (κ1) is 17.3. The Hall–Kier alpha value is -2.53. The van der Waals surface area contributed by atoms with Gasteiger partial charge in [0.05, 0.1) is 11.9 Å². The van der Waals surface area contributed by atoms with Crippen molar-refractivity contribution in [3.63, 3.8) is 0 Å². The fraction of sp³-hybridized carbons (Fsp3) is 0.263. The number of anilines is 1. The number of halogens is 1. The number of nitrogens with one attached hydrogen (secondary N) is 1. The molecule has 130 valence electrons. The second kappa shape index (κ2) is 7.15. The van der Waals surface area contributed by atoms with Gasteiger partial charge in [0.15, 0.2) is 0 Å². The molecule has 2 aromatic carbocycles. The van der Waals surface area contributed by atoms with Gasteiger partial charge >= 0.3 is 5.97 Å². The lowest BCUT2D eigenvalue weighted by Crippen LogP contribution is -2.07. The Morgan fingerprint density at radius 3 is 2.76 bits per heavy atom. The molecule has 0 radical (unpaired) electrons. The van der Waals surface area contributed by atoms with E-state index in [0.717, 1.165) is 27.8 Å². The molecule has 0 aliphatic rings. The van der Waals surface area contributed by atoms with Crippen molar-refractivity contribution in [2.45, 2.75) is 26.3 Å². The van der Waals surface area contributed by atoms with E-state index in [2.05, 4.69) is 19.2 Å². The highest BCUT2D eigenvalue weighted by atomic mass is 35.5. The van der Waals surface area contributed by atoms with Crippen LogP contribution in [-0.4, -0.2) is 27.4 Å². The fourth-order valence-electron chi connectivity index (χ4n) is 2.81. The third kappa shape index (κ3) is 3.77. The van der Waals surface area contributed by atoms with E-state index >= 15 is 0 Å². The van der Waals surface area contributed by atoms with Crippen LogP contribution in [0.25, 0.3) is 22.2 Å². The normalized spacial score (nSPS) is 11.2. The van der Waals surface area contributed by atoms with Gasteiger partial charge in [0.25, 0.3) is 0 Å². The average Bonchev–Trinajstić information content (AvgIpc) is 2.93. The van der Waals surface area contributed by atoms with Crippen molar-refractivity contribution < 1.29 is 9.90 Å². The van der Waals surface area contributed by atoms with Gasteiger partial charge in [-0.1, -0.05) is 23.7 Å². The maximum absolute atomic E-state index is 10.7. The largest absolute Gasteiger partial charge is 0.481 e. The van der Waals surface area contributed by atoms with Gasteiger partial charge in [0.1, 0.15) is 5.69 Å². The van der Waals surface area contributed by atoms with Crippen LogP contribution in [0.15, 0.2) is 42.5 Å². The first-order chi connectivity index (χ1) is 12.0. The first-order valence-electron chi connectivity index (χ1n) is 8.19. The van der Waals surface area contributed by atoms with E-state index in [1.54, 1.807) is 0 Å². The third-order valence-corrected chi connectivity index (χ3v) is 4.20. The van der Waals surface area contributed by atoms with Crippen molar-refractivity contribution in [1.29, 1.82) is 0 Å². The summed E-state index contributed by atoms with van der Waals surface area (Å²) >= 11 is 6.14. The van der Waals surface area contributed by atoms with Crippen LogP contribution in [0.5, 0.6) is 0 Å². The number of carboxylic acid groups (broad SMARTS) is 1. The highest BCUT2D eigenvalue weighted by Crippen LogP contribution is 2.32. The van der Waals surface area contributed by atoms with E-state index in [9.17, 15) is 4.79 Å². The number of hydrogen-bond donors (Lipinski definition) is 2. The predicted molar refractivity (Wildman–Crippen MR) is 101 cm³/mol. The van der Waals surface area contributed by atoms with Crippen LogP contribution < -0.4 is 5.32 Å². The predicted octanol–water partition coefficient (Wildman–Crippen LogP) is 4.82. The molecule has 0 unspecified atom stereocenters. The smallest absolute Gasteiger partial charge is 0.305 e. The Bertz CT molecular complexity index is 918. The molecule has 0 aliphatic heterocycles. The van der Waals surface area contributed by atoms with Gasteiger partial charge in [-0.25, -0.2) is 0 Å². The highest BCUT2D eigenvalue weighted by Gasteiger charge is 2.15. The minimum Gasteiger partial charge on any atom is -0.481 e. The quantitative estimate of drug-likeness (QED) is 0.663. The molecule has 1 heterocycles. The molecule has 0 fully saturated rings. The lowest BCUT2D eigenvalue weighted by atomic mass is 10.1. The Labute approximate surface area is 151 Å². The van der Waals surface area contributed by atoms with Gasteiger partial charge in [0.2, 0.25) is 0 Å². The second-order valence-electron chi connectivity index (χ2n) is 6.20. The highest BCUT2D eigenvalue weighted by molar-refractivity contribution is 6.30. The van der Waals surface area contributed by atoms with Crippen LogP contribution >= 0.6 is 11.6 Å². The van der Waals surface area contributed by atoms with Crippen molar-refractivity contribution >= 4 is 34.2 Å². The van der Waals surface area contributed by atoms with Crippen molar-refractivity contribution in [3.8, 4) is 11.3 Å². The van der Waals surface area contributed by atoms with Gasteiger partial charge in [-0.05, 0) is 44.2 Å². The molecule has 3 aromatic rings. The van der Waals surface area contributed by atoms with Crippen LogP contribution in [0.1, 0.15) is 26.3 Å². The molecule has 0 atom stereocenters. The lowest BCUT2D eigenvalue weighted by molar-refractivity contribution is -0.136. The summed E-state index contributed by atoms with van der Waals surface area (Å²) in [6.45, 7) is 4.56. The summed E-state index contributed by atoms with van der Waals surface area (Å²) in [5.74, 6) is -0.819. The summed E-state index contributed by atoms with van der Waals surface area (Å²) in [6, 6.07) is 13.8. The summed E-state index contributed by atoms with van der Waals surface area (Å²) in [7, 11) is 0. The van der Waals surface area contributed by atoms with Gasteiger partial charge in [-0.3, -0.25) is 9.48 Å². The maximum atomic E-state index is 10.7. The monoisotopic (exact) mass is 357 g/mol. The molecular formula is C19H20ClN3O2. The summed E-state index contributed by atoms with van der Waals surface area (Å²) in [5, 5.41) is 18.4. The minimum atomic E-state index is -0.819. The van der Waals surface area contributed by atoms with Crippen LogP contribution in [0.3, 0.4) is 0 Å². The molecule has 2 N–H and O–H groups in total. The number of rotatable bonds is 6. The Kier molecular flexibility index (Phi) is 4.95. The molecule has 1 aromatic heterocycles. The van der Waals surface area contributed by atoms with E-state index in [-0.39, 0.29) is 12.5 Å². The van der Waals surface area contributed by atoms with Gasteiger partial charge in [0, 0.05) is 34.2 Å². The molecule has 3 rings (SSSR count). The first-order valence-corrected chi connectivity index (χ1v) is 8.57. The number of nitrogens with zero attached hydrogens (tertiary/aromatic N) is 2. The molecular weight excluding hydrogens is 338 g/mol. The molecule has 25 heavy (non-hydrogen) atoms. The molecule has 0 bridgehead atoms. The van der Waals surface area contributed by atoms with E-state index in [0.29, 0.717) is 11.6 Å². The molecule has 0 aliphatic carbocycles. The van der Waals surface area contributed by atoms with Crippen LogP contribution in [0.4, 0.5) is 5.69 Å². The minimum absolute atomic E-state index is 0.0739. The molecule has 0 spiro atoms. The summed E-state index contributed by atoms with van der Waals surface area (Å²) in [4.78, 5) is 10.7. The van der Waals surface area contributed by atoms with Crippen molar-refractivity contribution in [2.24, 2.45) is 0 Å². The Morgan fingerprint density at radius 1 is 1.28 bits per heavy atom. The van der Waals surface area contributed by atoms with Gasteiger partial charge < -0.3 is 10.4 Å². The fourth-order valence-corrected chi connectivity index (χ4v) is 3.00. The number of carbonyl (C=O) groups is 1. The van der Waals surface area contributed by atoms with Gasteiger partial charge in [-0.15, -0.1) is 0 Å². The second-order valence-corrected chi connectivity index (χ2v) is 6.64. The molecule has 5 nitrogen and oxygen atoms in total. The summed E-state index contributed by atoms with van der Waals surface area (Å²) in [5.41, 5.74) is 3.74. The summed E-state index contributed by atoms with van der Waals surface area (Å²) in [6.07, 6.45) is 0.0739. The number of hydrogen-bond acceptors (Lipinski definition) is 3. The van der Waals surface area contributed by atoms with E-state index in [1.807, 2.05) is 47.1 Å². The SMILES string of the molecule is CC(C)n1nc(-c2cccc(Cl)c2)c2cc(NCCC(=O)O)ccc21. The van der Waals surface area contributed by atoms with Crippen LogP contribution in [-0.2, 0) is 4.79 Å². The average molecular weight is 358 g/mol. The zero-order chi connectivity index (χ0) is 18.0. The number of carboxylic acids is 1. The zero-order valence-corrected chi connectivity index (χ0v) is 14.9. The summed E-state index contributed by atoms with van der Waals surface area (Å²) < 4.78 is 1.99. The maximum Gasteiger partial charge on any atom is 0.305 e. The molecule has 0 amide bonds. The zero-order valence-electron chi connectivity index (χ0n) is 14.2. The van der Waals surface area contributed by atoms with Crippen LogP contribution in [0.2, 0.25) is 5.02 Å². The Balaban J connectivity index is 2.06. The number of fused-ring (bicyclic) bond motifs is 1. The molecule has 0 saturated carbocycles. The molecule has 6 heteroatoms. The van der Waals surface area contributed by atoms with Crippen molar-refractivity contribution in [3.05, 3.63) is 47.5 Å². The third-order valence-electron chi connectivity index (χ3n) is 3.96. The van der Waals surface area contributed by atoms with E-state index in [1.165, 1.54) is 0 Å². The van der Waals surface area contributed by atoms with Gasteiger partial charge in [-0.2, -0.15) is 5.10 Å². The van der Waals surface area contributed by atoms with E-state index in [4.69, 9.17) is 21.8 Å². The number of benzene rings is 2.